The van der Waals surface area contributed by atoms with Gasteiger partial charge in [-0.2, -0.15) is 0 Å². The highest BCUT2D eigenvalue weighted by Gasteiger charge is 2.28. The molecule has 0 radical (unpaired) electrons. The number of hydrogen-bond acceptors (Lipinski definition) is 5. The van der Waals surface area contributed by atoms with Crippen molar-refractivity contribution in [2.75, 3.05) is 6.61 Å². The SMILES string of the molecule is Cc1ccc(C(OC2CCCCO2)c2occc(=O)c2OCc2ccccc2)cc1. The molecule has 1 fully saturated rings. The molecule has 0 amide bonds. The Morgan fingerprint density at radius 3 is 2.57 bits per heavy atom. The van der Waals surface area contributed by atoms with Gasteiger partial charge in [0.25, 0.3) is 0 Å². The van der Waals surface area contributed by atoms with Gasteiger partial charge in [-0.1, -0.05) is 60.2 Å². The Morgan fingerprint density at radius 2 is 1.83 bits per heavy atom. The molecule has 1 aliphatic heterocycles. The molecule has 5 heteroatoms. The van der Waals surface area contributed by atoms with E-state index in [9.17, 15) is 4.79 Å². The molecule has 0 spiro atoms. The lowest BCUT2D eigenvalue weighted by Crippen LogP contribution is -2.26. The van der Waals surface area contributed by atoms with Gasteiger partial charge in [-0.3, -0.25) is 4.79 Å². The third-order valence-corrected chi connectivity index (χ3v) is 5.13. The standard InChI is InChI=1S/C25H26O5/c1-18-10-12-20(13-11-18)23(30-22-9-5-6-15-27-22)25-24(21(26)14-16-28-25)29-17-19-7-3-2-4-8-19/h2-4,7-8,10-14,16,22-23H,5-6,9,15,17H2,1H3. The van der Waals surface area contributed by atoms with E-state index in [4.69, 9.17) is 18.6 Å². The lowest BCUT2D eigenvalue weighted by atomic mass is 10.0. The molecule has 30 heavy (non-hydrogen) atoms. The maximum absolute atomic E-state index is 12.7. The van der Waals surface area contributed by atoms with Crippen LogP contribution in [-0.2, 0) is 16.1 Å². The summed E-state index contributed by atoms with van der Waals surface area (Å²) in [5.41, 5.74) is 2.75. The first kappa shape index (κ1) is 20.4. The minimum atomic E-state index is -0.603. The van der Waals surface area contributed by atoms with Crippen LogP contribution in [0.25, 0.3) is 0 Å². The second kappa shape index (κ2) is 9.74. The van der Waals surface area contributed by atoms with E-state index in [2.05, 4.69) is 0 Å². The highest BCUT2D eigenvalue weighted by Crippen LogP contribution is 2.34. The van der Waals surface area contributed by atoms with Gasteiger partial charge in [0.05, 0.1) is 6.26 Å². The van der Waals surface area contributed by atoms with Crippen molar-refractivity contribution in [3.63, 3.8) is 0 Å². The monoisotopic (exact) mass is 406 g/mol. The van der Waals surface area contributed by atoms with Gasteiger partial charge in [-0.05, 0) is 37.3 Å². The predicted octanol–water partition coefficient (Wildman–Crippen LogP) is 5.16. The van der Waals surface area contributed by atoms with Gasteiger partial charge in [-0.15, -0.1) is 0 Å². The lowest BCUT2D eigenvalue weighted by Gasteiger charge is -2.28. The van der Waals surface area contributed by atoms with Crippen LogP contribution >= 0.6 is 0 Å². The van der Waals surface area contributed by atoms with Crippen molar-refractivity contribution >= 4 is 0 Å². The van der Waals surface area contributed by atoms with Crippen LogP contribution < -0.4 is 10.2 Å². The van der Waals surface area contributed by atoms with Crippen LogP contribution in [0.1, 0.15) is 47.8 Å². The fraction of sp³-hybridized carbons (Fsp3) is 0.320. The molecule has 2 aromatic carbocycles. The van der Waals surface area contributed by atoms with E-state index in [1.54, 1.807) is 0 Å². The van der Waals surface area contributed by atoms with Crippen LogP contribution in [0.3, 0.4) is 0 Å². The highest BCUT2D eigenvalue weighted by molar-refractivity contribution is 5.35. The smallest absolute Gasteiger partial charge is 0.227 e. The summed E-state index contributed by atoms with van der Waals surface area (Å²) in [6.45, 7) is 2.96. The molecule has 1 saturated heterocycles. The fourth-order valence-electron chi connectivity index (χ4n) is 3.48. The summed E-state index contributed by atoms with van der Waals surface area (Å²) in [7, 11) is 0. The zero-order valence-corrected chi connectivity index (χ0v) is 17.1. The van der Waals surface area contributed by atoms with E-state index in [1.807, 2.05) is 61.5 Å². The van der Waals surface area contributed by atoms with Gasteiger partial charge in [-0.25, -0.2) is 0 Å². The van der Waals surface area contributed by atoms with Crippen molar-refractivity contribution in [1.82, 2.24) is 0 Å². The summed E-state index contributed by atoms with van der Waals surface area (Å²) in [6, 6.07) is 19.1. The van der Waals surface area contributed by atoms with E-state index in [-0.39, 0.29) is 24.1 Å². The van der Waals surface area contributed by atoms with Gasteiger partial charge in [0.2, 0.25) is 11.2 Å². The average molecular weight is 406 g/mol. The molecule has 0 aliphatic carbocycles. The molecule has 0 saturated carbocycles. The predicted molar refractivity (Wildman–Crippen MR) is 113 cm³/mol. The van der Waals surface area contributed by atoms with Crippen molar-refractivity contribution in [2.24, 2.45) is 0 Å². The zero-order chi connectivity index (χ0) is 20.8. The second-order valence-corrected chi connectivity index (χ2v) is 7.48. The largest absolute Gasteiger partial charge is 0.482 e. The summed E-state index contributed by atoms with van der Waals surface area (Å²) >= 11 is 0. The number of hydrogen-bond donors (Lipinski definition) is 0. The highest BCUT2D eigenvalue weighted by atomic mass is 16.7. The Morgan fingerprint density at radius 1 is 1.03 bits per heavy atom. The Balaban J connectivity index is 1.67. The van der Waals surface area contributed by atoms with Crippen LogP contribution in [0, 0.1) is 6.92 Å². The van der Waals surface area contributed by atoms with Crippen LogP contribution in [0.2, 0.25) is 0 Å². The Labute approximate surface area is 176 Å². The molecular weight excluding hydrogens is 380 g/mol. The van der Waals surface area contributed by atoms with Crippen LogP contribution in [0.4, 0.5) is 0 Å². The van der Waals surface area contributed by atoms with Crippen molar-refractivity contribution in [3.8, 4) is 5.75 Å². The third kappa shape index (κ3) is 4.99. The molecule has 1 aliphatic rings. The normalized spacial score (nSPS) is 17.4. The molecule has 0 bridgehead atoms. The minimum absolute atomic E-state index is 0.169. The minimum Gasteiger partial charge on any atom is -0.482 e. The van der Waals surface area contributed by atoms with E-state index in [1.165, 1.54) is 12.3 Å². The van der Waals surface area contributed by atoms with Crippen molar-refractivity contribution in [2.45, 2.75) is 45.2 Å². The molecule has 3 aromatic rings. The van der Waals surface area contributed by atoms with Gasteiger partial charge >= 0.3 is 0 Å². The van der Waals surface area contributed by atoms with Gasteiger partial charge in [0.1, 0.15) is 12.7 Å². The van der Waals surface area contributed by atoms with Crippen molar-refractivity contribution in [1.29, 1.82) is 0 Å². The molecule has 0 N–H and O–H groups in total. The maximum Gasteiger partial charge on any atom is 0.227 e. The number of ether oxygens (including phenoxy) is 3. The van der Waals surface area contributed by atoms with Crippen LogP contribution in [0.15, 0.2) is 76.1 Å². The summed E-state index contributed by atoms with van der Waals surface area (Å²) in [5, 5.41) is 0. The van der Waals surface area contributed by atoms with Gasteiger partial charge in [0, 0.05) is 12.7 Å². The summed E-state index contributed by atoms with van der Waals surface area (Å²) in [4.78, 5) is 12.7. The Bertz CT molecular complexity index is 988. The third-order valence-electron chi connectivity index (χ3n) is 5.13. The summed E-state index contributed by atoms with van der Waals surface area (Å²) < 4.78 is 23.9. The number of aryl methyl sites for hydroxylation is 1. The Kier molecular flexibility index (Phi) is 6.62. The molecule has 2 unspecified atom stereocenters. The molecular formula is C25H26O5. The van der Waals surface area contributed by atoms with Gasteiger partial charge < -0.3 is 18.6 Å². The van der Waals surface area contributed by atoms with E-state index < -0.39 is 6.10 Å². The van der Waals surface area contributed by atoms with Crippen molar-refractivity contribution in [3.05, 3.63) is 99.6 Å². The number of rotatable bonds is 7. The quantitative estimate of drug-likeness (QED) is 0.542. The van der Waals surface area contributed by atoms with E-state index in [0.29, 0.717) is 12.4 Å². The topological polar surface area (TPSA) is 57.9 Å². The molecule has 5 nitrogen and oxygen atoms in total. The van der Waals surface area contributed by atoms with Crippen LogP contribution in [-0.4, -0.2) is 12.9 Å². The average Bonchev–Trinajstić information content (AvgIpc) is 2.79. The molecule has 1 aromatic heterocycles. The van der Waals surface area contributed by atoms with Crippen molar-refractivity contribution < 1.29 is 18.6 Å². The molecule has 156 valence electrons. The Hall–Kier alpha value is -2.89. The first-order chi connectivity index (χ1) is 14.7. The van der Waals surface area contributed by atoms with Crippen LogP contribution in [0.5, 0.6) is 5.75 Å². The maximum atomic E-state index is 12.7. The van der Waals surface area contributed by atoms with Gasteiger partial charge in [0.15, 0.2) is 12.1 Å². The first-order valence-corrected chi connectivity index (χ1v) is 10.3. The first-order valence-electron chi connectivity index (χ1n) is 10.3. The zero-order valence-electron chi connectivity index (χ0n) is 17.1. The summed E-state index contributed by atoms with van der Waals surface area (Å²) in [5.74, 6) is 0.527. The lowest BCUT2D eigenvalue weighted by molar-refractivity contribution is -0.184. The summed E-state index contributed by atoms with van der Waals surface area (Å²) in [6.07, 6.45) is 3.31. The number of benzene rings is 2. The molecule has 2 heterocycles. The van der Waals surface area contributed by atoms with E-state index in [0.717, 1.165) is 36.0 Å². The van der Waals surface area contributed by atoms with E-state index >= 15 is 0 Å². The molecule has 4 rings (SSSR count). The second-order valence-electron chi connectivity index (χ2n) is 7.48. The fourth-order valence-corrected chi connectivity index (χ4v) is 3.48. The molecule has 2 atom stereocenters.